The summed E-state index contributed by atoms with van der Waals surface area (Å²) in [7, 11) is 0. The summed E-state index contributed by atoms with van der Waals surface area (Å²) in [5.74, 6) is 0.237. The molecule has 0 amide bonds. The summed E-state index contributed by atoms with van der Waals surface area (Å²) in [4.78, 5) is 0. The molecule has 1 atom stereocenters. The molecule has 1 heterocycles. The van der Waals surface area contributed by atoms with Crippen molar-refractivity contribution in [2.75, 3.05) is 19.6 Å². The largest absolute Gasteiger partial charge is 0.508 e. The van der Waals surface area contributed by atoms with Crippen LogP contribution in [0, 0.1) is 0 Å². The molecule has 0 bridgehead atoms. The molecule has 0 unspecified atom stereocenters. The number of rotatable bonds is 1. The van der Waals surface area contributed by atoms with E-state index in [4.69, 9.17) is 5.11 Å². The van der Waals surface area contributed by atoms with Crippen LogP contribution in [0.15, 0.2) is 18.2 Å². The van der Waals surface area contributed by atoms with Crippen molar-refractivity contribution < 1.29 is 10.2 Å². The molecule has 15 heavy (non-hydrogen) atoms. The Morgan fingerprint density at radius 3 is 2.60 bits per heavy atom. The minimum absolute atomic E-state index is 0. The summed E-state index contributed by atoms with van der Waals surface area (Å²) < 4.78 is 0. The standard InChI is InChI=1S/C10H14N2O2.ClH/c13-7-1-2-8(10(14)5-7)9-6-11-3-4-12-9;/h1-2,5,9,11-14H,3-4,6H2;1H/t9-;/m0./s1. The van der Waals surface area contributed by atoms with E-state index in [0.29, 0.717) is 0 Å². The van der Waals surface area contributed by atoms with Gasteiger partial charge in [-0.3, -0.25) is 0 Å². The number of hydrogen-bond donors (Lipinski definition) is 4. The van der Waals surface area contributed by atoms with Gasteiger partial charge in [0.05, 0.1) is 0 Å². The zero-order valence-corrected chi connectivity index (χ0v) is 9.05. The molecule has 1 saturated heterocycles. The van der Waals surface area contributed by atoms with Crippen LogP contribution in [0.25, 0.3) is 0 Å². The lowest BCUT2D eigenvalue weighted by Crippen LogP contribution is -2.42. The van der Waals surface area contributed by atoms with Gasteiger partial charge in [0, 0.05) is 37.3 Å². The van der Waals surface area contributed by atoms with Gasteiger partial charge in [-0.15, -0.1) is 12.4 Å². The lowest BCUT2D eigenvalue weighted by molar-refractivity contribution is 0.400. The normalized spacial score (nSPS) is 20.7. The molecule has 4 N–H and O–H groups in total. The zero-order valence-electron chi connectivity index (χ0n) is 8.23. The highest BCUT2D eigenvalue weighted by Crippen LogP contribution is 2.27. The topological polar surface area (TPSA) is 64.5 Å². The van der Waals surface area contributed by atoms with Crippen LogP contribution in [0.5, 0.6) is 11.5 Å². The van der Waals surface area contributed by atoms with Gasteiger partial charge in [0.15, 0.2) is 0 Å². The van der Waals surface area contributed by atoms with Gasteiger partial charge in [0.2, 0.25) is 0 Å². The maximum atomic E-state index is 9.62. The smallest absolute Gasteiger partial charge is 0.124 e. The van der Waals surface area contributed by atoms with E-state index < -0.39 is 0 Å². The van der Waals surface area contributed by atoms with Crippen LogP contribution in [0.2, 0.25) is 0 Å². The van der Waals surface area contributed by atoms with Crippen molar-refractivity contribution in [3.05, 3.63) is 23.8 Å². The predicted octanol–water partition coefficient (Wildman–Crippen LogP) is 0.753. The van der Waals surface area contributed by atoms with E-state index in [1.165, 1.54) is 6.07 Å². The molecular formula is C10H15ClN2O2. The molecule has 5 heteroatoms. The van der Waals surface area contributed by atoms with Gasteiger partial charge in [0.25, 0.3) is 0 Å². The second kappa shape index (κ2) is 5.21. The number of phenolic OH excluding ortho intramolecular Hbond substituents is 2. The number of benzene rings is 1. The van der Waals surface area contributed by atoms with Crippen LogP contribution in [-0.4, -0.2) is 29.8 Å². The van der Waals surface area contributed by atoms with E-state index in [9.17, 15) is 5.11 Å². The Labute approximate surface area is 94.7 Å². The van der Waals surface area contributed by atoms with Crippen LogP contribution in [0.4, 0.5) is 0 Å². The first-order chi connectivity index (χ1) is 6.77. The summed E-state index contributed by atoms with van der Waals surface area (Å²) in [6, 6.07) is 4.83. The highest BCUT2D eigenvalue weighted by Gasteiger charge is 2.17. The quantitative estimate of drug-likeness (QED) is 0.575. The van der Waals surface area contributed by atoms with Crippen LogP contribution >= 0.6 is 12.4 Å². The molecule has 0 aliphatic carbocycles. The van der Waals surface area contributed by atoms with Gasteiger partial charge in [0.1, 0.15) is 11.5 Å². The van der Waals surface area contributed by atoms with E-state index in [2.05, 4.69) is 10.6 Å². The number of aromatic hydroxyl groups is 2. The third kappa shape index (κ3) is 2.75. The second-order valence-electron chi connectivity index (χ2n) is 3.45. The SMILES string of the molecule is Cl.Oc1ccc([C@@H]2CNCCN2)c(O)c1. The molecule has 1 aliphatic rings. The molecule has 0 spiro atoms. The third-order valence-electron chi connectivity index (χ3n) is 2.43. The van der Waals surface area contributed by atoms with Crippen molar-refractivity contribution in [2.45, 2.75) is 6.04 Å². The van der Waals surface area contributed by atoms with Crippen molar-refractivity contribution in [3.63, 3.8) is 0 Å². The summed E-state index contributed by atoms with van der Waals surface area (Å²) in [5, 5.41) is 25.3. The lowest BCUT2D eigenvalue weighted by Gasteiger charge is -2.25. The van der Waals surface area contributed by atoms with Crippen molar-refractivity contribution in [2.24, 2.45) is 0 Å². The molecule has 2 rings (SSSR count). The van der Waals surface area contributed by atoms with Crippen molar-refractivity contribution >= 4 is 12.4 Å². The van der Waals surface area contributed by atoms with E-state index >= 15 is 0 Å². The van der Waals surface area contributed by atoms with Gasteiger partial charge in [-0.2, -0.15) is 0 Å². The Balaban J connectivity index is 0.00000112. The van der Waals surface area contributed by atoms with Gasteiger partial charge < -0.3 is 20.8 Å². The van der Waals surface area contributed by atoms with Gasteiger partial charge in [-0.1, -0.05) is 6.07 Å². The maximum Gasteiger partial charge on any atom is 0.124 e. The Kier molecular flexibility index (Phi) is 4.20. The van der Waals surface area contributed by atoms with Gasteiger partial charge in [-0.05, 0) is 6.07 Å². The number of phenols is 2. The summed E-state index contributed by atoms with van der Waals surface area (Å²) in [6.45, 7) is 2.65. The van der Waals surface area contributed by atoms with E-state index in [1.54, 1.807) is 12.1 Å². The zero-order chi connectivity index (χ0) is 9.97. The third-order valence-corrected chi connectivity index (χ3v) is 2.43. The molecule has 1 aromatic rings. The number of piperazine rings is 1. The maximum absolute atomic E-state index is 9.62. The van der Waals surface area contributed by atoms with Gasteiger partial charge >= 0.3 is 0 Å². The average Bonchev–Trinajstić information content (AvgIpc) is 2.19. The molecule has 0 aromatic heterocycles. The average molecular weight is 231 g/mol. The molecule has 1 aliphatic heterocycles. The fraction of sp³-hybridized carbons (Fsp3) is 0.400. The fourth-order valence-corrected chi connectivity index (χ4v) is 1.70. The monoisotopic (exact) mass is 230 g/mol. The minimum Gasteiger partial charge on any atom is -0.508 e. The number of halogens is 1. The molecule has 0 radical (unpaired) electrons. The van der Waals surface area contributed by atoms with E-state index in [1.807, 2.05) is 0 Å². The summed E-state index contributed by atoms with van der Waals surface area (Å²) >= 11 is 0. The van der Waals surface area contributed by atoms with E-state index in [0.717, 1.165) is 25.2 Å². The first-order valence-corrected chi connectivity index (χ1v) is 4.73. The molecule has 1 fully saturated rings. The van der Waals surface area contributed by atoms with Crippen LogP contribution < -0.4 is 10.6 Å². The Hall–Kier alpha value is -0.970. The van der Waals surface area contributed by atoms with Crippen molar-refractivity contribution in [3.8, 4) is 11.5 Å². The van der Waals surface area contributed by atoms with Crippen LogP contribution in [-0.2, 0) is 0 Å². The highest BCUT2D eigenvalue weighted by molar-refractivity contribution is 5.85. The molecule has 4 nitrogen and oxygen atoms in total. The summed E-state index contributed by atoms with van der Waals surface area (Å²) in [5.41, 5.74) is 0.829. The predicted molar refractivity (Wildman–Crippen MR) is 60.6 cm³/mol. The molecule has 1 aromatic carbocycles. The van der Waals surface area contributed by atoms with Crippen LogP contribution in [0.3, 0.4) is 0 Å². The van der Waals surface area contributed by atoms with Crippen molar-refractivity contribution in [1.29, 1.82) is 0 Å². The molecular weight excluding hydrogens is 216 g/mol. The second-order valence-corrected chi connectivity index (χ2v) is 3.45. The number of hydrogen-bond acceptors (Lipinski definition) is 4. The van der Waals surface area contributed by atoms with Crippen molar-refractivity contribution in [1.82, 2.24) is 10.6 Å². The first-order valence-electron chi connectivity index (χ1n) is 4.73. The molecule has 0 saturated carbocycles. The van der Waals surface area contributed by atoms with Crippen LogP contribution in [0.1, 0.15) is 11.6 Å². The lowest BCUT2D eigenvalue weighted by atomic mass is 10.0. The Bertz CT molecular complexity index is 327. The molecule has 84 valence electrons. The minimum atomic E-state index is 0. The fourth-order valence-electron chi connectivity index (χ4n) is 1.70. The number of nitrogens with one attached hydrogen (secondary N) is 2. The Morgan fingerprint density at radius 2 is 2.00 bits per heavy atom. The first kappa shape index (κ1) is 12.1. The highest BCUT2D eigenvalue weighted by atomic mass is 35.5. The summed E-state index contributed by atoms with van der Waals surface area (Å²) in [6.07, 6.45) is 0. The van der Waals surface area contributed by atoms with Gasteiger partial charge in [-0.25, -0.2) is 0 Å². The van der Waals surface area contributed by atoms with E-state index in [-0.39, 0.29) is 29.9 Å². The Morgan fingerprint density at radius 1 is 1.20 bits per heavy atom.